The van der Waals surface area contributed by atoms with Crippen LogP contribution in [0, 0.1) is 11.8 Å². The van der Waals surface area contributed by atoms with Gasteiger partial charge in [-0.2, -0.15) is 0 Å². The van der Waals surface area contributed by atoms with Gasteiger partial charge in [0.05, 0.1) is 18.3 Å². The standard InChI is InChI=1S/C27H32O6/c1-4-5-6-7-8-9-10-11-12-13-22(29)24-25-21-17-32-20(14-18(2)28)15-19(21)16-23(30)27(25,3)33-26(24)31/h8-13,15-18,24-25,28H,4-7,14H2,1-3H3/b9-8+,11-10+,13-12+/t18-,24+,25+,27+/m0/s1. The van der Waals surface area contributed by atoms with Gasteiger partial charge in [0.2, 0.25) is 0 Å². The molecule has 4 atom stereocenters. The van der Waals surface area contributed by atoms with Gasteiger partial charge in [0.25, 0.3) is 0 Å². The lowest BCUT2D eigenvalue weighted by atomic mass is 9.67. The molecule has 0 saturated carbocycles. The molecule has 33 heavy (non-hydrogen) atoms. The average Bonchev–Trinajstić information content (AvgIpc) is 3.04. The lowest BCUT2D eigenvalue weighted by molar-refractivity contribution is -0.156. The number of rotatable bonds is 10. The minimum atomic E-state index is -1.45. The highest BCUT2D eigenvalue weighted by Gasteiger charge is 2.62. The highest BCUT2D eigenvalue weighted by molar-refractivity contribution is 6.12. The molecule has 2 aliphatic heterocycles. The highest BCUT2D eigenvalue weighted by atomic mass is 16.6. The number of aliphatic hydroxyl groups is 1. The molecule has 0 bridgehead atoms. The number of carbonyl (C=O) groups excluding carboxylic acids is 3. The van der Waals surface area contributed by atoms with Crippen LogP contribution in [-0.2, 0) is 23.9 Å². The molecule has 0 spiro atoms. The predicted molar refractivity (Wildman–Crippen MR) is 125 cm³/mol. The first-order chi connectivity index (χ1) is 15.8. The van der Waals surface area contributed by atoms with Crippen LogP contribution in [0.25, 0.3) is 0 Å². The van der Waals surface area contributed by atoms with E-state index in [1.807, 2.05) is 12.2 Å². The summed E-state index contributed by atoms with van der Waals surface area (Å²) in [5, 5.41) is 9.62. The summed E-state index contributed by atoms with van der Waals surface area (Å²) in [6, 6.07) is 0. The molecule has 3 rings (SSSR count). The third-order valence-corrected chi connectivity index (χ3v) is 6.10. The molecule has 0 unspecified atom stereocenters. The van der Waals surface area contributed by atoms with Gasteiger partial charge in [0.1, 0.15) is 11.7 Å². The van der Waals surface area contributed by atoms with Crippen LogP contribution in [0.3, 0.4) is 0 Å². The molecule has 0 aromatic carbocycles. The van der Waals surface area contributed by atoms with Crippen molar-refractivity contribution < 1.29 is 29.0 Å². The van der Waals surface area contributed by atoms with E-state index < -0.39 is 35.3 Å². The SMILES string of the molecule is CCCCC/C=C/C=C/C=C/C(=O)[C@H]1C(=O)O[C@]2(C)C(=O)C=C3C=C(C[C@H](C)O)OC=C3[C@H]12. The van der Waals surface area contributed by atoms with Crippen LogP contribution >= 0.6 is 0 Å². The molecule has 1 fully saturated rings. The lowest BCUT2D eigenvalue weighted by Crippen LogP contribution is -2.46. The van der Waals surface area contributed by atoms with Crippen molar-refractivity contribution in [3.63, 3.8) is 0 Å². The first-order valence-corrected chi connectivity index (χ1v) is 11.6. The topological polar surface area (TPSA) is 89.9 Å². The number of aliphatic hydroxyl groups excluding tert-OH is 1. The Morgan fingerprint density at radius 3 is 2.67 bits per heavy atom. The number of fused-ring (bicyclic) bond motifs is 3. The van der Waals surface area contributed by atoms with Crippen molar-refractivity contribution in [3.8, 4) is 0 Å². The molecule has 0 aromatic heterocycles. The zero-order valence-electron chi connectivity index (χ0n) is 19.5. The zero-order chi connectivity index (χ0) is 24.0. The summed E-state index contributed by atoms with van der Waals surface area (Å²) >= 11 is 0. The number of ketones is 2. The maximum atomic E-state index is 13.0. The minimum Gasteiger partial charge on any atom is -0.469 e. The lowest BCUT2D eigenvalue weighted by Gasteiger charge is -2.35. The van der Waals surface area contributed by atoms with Crippen LogP contribution < -0.4 is 0 Å². The Morgan fingerprint density at radius 1 is 1.18 bits per heavy atom. The maximum absolute atomic E-state index is 13.0. The van der Waals surface area contributed by atoms with E-state index in [2.05, 4.69) is 13.0 Å². The summed E-state index contributed by atoms with van der Waals surface area (Å²) in [4.78, 5) is 38.5. The predicted octanol–water partition coefficient (Wildman–Crippen LogP) is 4.43. The second-order valence-electron chi connectivity index (χ2n) is 8.87. The van der Waals surface area contributed by atoms with Crippen LogP contribution in [0.4, 0.5) is 0 Å². The molecule has 6 heteroatoms. The van der Waals surface area contributed by atoms with E-state index in [9.17, 15) is 19.5 Å². The summed E-state index contributed by atoms with van der Waals surface area (Å²) in [6.45, 7) is 5.35. The van der Waals surface area contributed by atoms with E-state index in [0.717, 1.165) is 12.8 Å². The summed E-state index contributed by atoms with van der Waals surface area (Å²) < 4.78 is 11.1. The van der Waals surface area contributed by atoms with E-state index in [4.69, 9.17) is 9.47 Å². The van der Waals surface area contributed by atoms with Crippen molar-refractivity contribution >= 4 is 17.5 Å². The summed E-state index contributed by atoms with van der Waals surface area (Å²) in [7, 11) is 0. The minimum absolute atomic E-state index is 0.289. The van der Waals surface area contributed by atoms with Gasteiger partial charge in [0.15, 0.2) is 17.2 Å². The van der Waals surface area contributed by atoms with Crippen molar-refractivity contribution in [1.82, 2.24) is 0 Å². The molecular formula is C27H32O6. The van der Waals surface area contributed by atoms with Gasteiger partial charge < -0.3 is 14.6 Å². The fourth-order valence-electron chi connectivity index (χ4n) is 4.38. The molecule has 0 aromatic rings. The fraction of sp³-hybridized carbons (Fsp3) is 0.444. The number of ether oxygens (including phenoxy) is 2. The quantitative estimate of drug-likeness (QED) is 0.173. The van der Waals surface area contributed by atoms with Crippen LogP contribution in [0.15, 0.2) is 71.8 Å². The Labute approximate surface area is 195 Å². The van der Waals surface area contributed by atoms with Crippen molar-refractivity contribution in [2.45, 2.75) is 64.6 Å². The molecule has 0 amide bonds. The van der Waals surface area contributed by atoms with Crippen molar-refractivity contribution in [3.05, 3.63) is 71.8 Å². The number of unbranched alkanes of at least 4 members (excludes halogenated alkanes) is 3. The molecule has 3 aliphatic rings. The van der Waals surface area contributed by atoms with E-state index >= 15 is 0 Å². The summed E-state index contributed by atoms with van der Waals surface area (Å²) in [6.07, 6.45) is 19.3. The first-order valence-electron chi connectivity index (χ1n) is 11.6. The largest absolute Gasteiger partial charge is 0.469 e. The molecule has 2 heterocycles. The number of esters is 1. The van der Waals surface area contributed by atoms with Gasteiger partial charge in [-0.15, -0.1) is 0 Å². The van der Waals surface area contributed by atoms with Gasteiger partial charge in [-0.05, 0) is 50.5 Å². The van der Waals surface area contributed by atoms with E-state index in [1.54, 1.807) is 32.1 Å². The van der Waals surface area contributed by atoms with Crippen LogP contribution in [-0.4, -0.2) is 34.3 Å². The average molecular weight is 453 g/mol. The van der Waals surface area contributed by atoms with Crippen molar-refractivity contribution in [2.75, 3.05) is 0 Å². The molecule has 176 valence electrons. The zero-order valence-corrected chi connectivity index (χ0v) is 19.5. The molecule has 1 saturated heterocycles. The molecular weight excluding hydrogens is 420 g/mol. The highest BCUT2D eigenvalue weighted by Crippen LogP contribution is 2.49. The van der Waals surface area contributed by atoms with Gasteiger partial charge in [0, 0.05) is 12.0 Å². The Morgan fingerprint density at radius 2 is 1.94 bits per heavy atom. The van der Waals surface area contributed by atoms with Gasteiger partial charge >= 0.3 is 5.97 Å². The normalized spacial score (nSPS) is 27.7. The number of hydrogen-bond acceptors (Lipinski definition) is 6. The van der Waals surface area contributed by atoms with E-state index in [-0.39, 0.29) is 12.2 Å². The van der Waals surface area contributed by atoms with Gasteiger partial charge in [-0.25, -0.2) is 0 Å². The fourth-order valence-corrected chi connectivity index (χ4v) is 4.38. The van der Waals surface area contributed by atoms with Gasteiger partial charge in [-0.1, -0.05) is 50.1 Å². The van der Waals surface area contributed by atoms with Crippen molar-refractivity contribution in [2.24, 2.45) is 11.8 Å². The number of allylic oxidation sites excluding steroid dienone is 8. The van der Waals surface area contributed by atoms with E-state index in [1.165, 1.54) is 31.3 Å². The second kappa shape index (κ2) is 10.8. The second-order valence-corrected chi connectivity index (χ2v) is 8.87. The molecule has 0 radical (unpaired) electrons. The molecule has 1 N–H and O–H groups in total. The summed E-state index contributed by atoms with van der Waals surface area (Å²) in [5.41, 5.74) is -0.288. The Bertz CT molecular complexity index is 975. The van der Waals surface area contributed by atoms with Crippen LogP contribution in [0.5, 0.6) is 0 Å². The smallest absolute Gasteiger partial charge is 0.318 e. The number of hydrogen-bond donors (Lipinski definition) is 1. The first kappa shape index (κ1) is 24.6. The van der Waals surface area contributed by atoms with Gasteiger partial charge in [-0.3, -0.25) is 14.4 Å². The third kappa shape index (κ3) is 5.50. The van der Waals surface area contributed by atoms with Crippen molar-refractivity contribution in [1.29, 1.82) is 0 Å². The Kier molecular flexibility index (Phi) is 8.03. The Hall–Kier alpha value is -2.99. The maximum Gasteiger partial charge on any atom is 0.318 e. The Balaban J connectivity index is 1.75. The van der Waals surface area contributed by atoms with Crippen LogP contribution in [0.2, 0.25) is 0 Å². The molecule has 1 aliphatic carbocycles. The molecule has 6 nitrogen and oxygen atoms in total. The monoisotopic (exact) mass is 452 g/mol. The van der Waals surface area contributed by atoms with E-state index in [0.29, 0.717) is 16.9 Å². The number of carbonyl (C=O) groups is 3. The summed E-state index contributed by atoms with van der Waals surface area (Å²) in [5.74, 6) is -2.88. The third-order valence-electron chi connectivity index (χ3n) is 6.10. The van der Waals surface area contributed by atoms with Crippen LogP contribution in [0.1, 0.15) is 52.9 Å².